The molecule has 2 heterocycles. The minimum Gasteiger partial charge on any atom is -0.458 e. The summed E-state index contributed by atoms with van der Waals surface area (Å²) < 4.78 is 8.72. The Hall–Kier alpha value is -3.83. The average Bonchev–Trinajstić information content (AvgIpc) is 3.16. The molecule has 0 aliphatic rings. The van der Waals surface area contributed by atoms with Gasteiger partial charge < -0.3 is 14.7 Å². The second-order valence-electron chi connectivity index (χ2n) is 9.91. The van der Waals surface area contributed by atoms with E-state index in [0.717, 1.165) is 28.2 Å². The van der Waals surface area contributed by atoms with Crippen molar-refractivity contribution in [2.24, 2.45) is 5.92 Å². The Labute approximate surface area is 221 Å². The van der Waals surface area contributed by atoms with Gasteiger partial charge in [0.2, 0.25) is 0 Å². The fourth-order valence-electron chi connectivity index (χ4n) is 4.92. The van der Waals surface area contributed by atoms with Crippen molar-refractivity contribution in [1.29, 1.82) is 0 Å². The average molecular weight is 512 g/mol. The Kier molecular flexibility index (Phi) is 6.65. The van der Waals surface area contributed by atoms with Crippen LogP contribution >= 0.6 is 11.6 Å². The van der Waals surface area contributed by atoms with Crippen molar-refractivity contribution in [2.45, 2.75) is 40.2 Å². The summed E-state index contributed by atoms with van der Waals surface area (Å²) in [5, 5.41) is 1.03. The maximum atomic E-state index is 14.0. The number of hydrogen-bond donors (Lipinski definition) is 1. The molecule has 6 heteroatoms. The fraction of sp³-hybridized carbons (Fsp3) is 0.226. The highest BCUT2D eigenvalue weighted by Gasteiger charge is 2.31. The van der Waals surface area contributed by atoms with Crippen LogP contribution in [0.5, 0.6) is 0 Å². The number of aryl methyl sites for hydroxylation is 1. The number of anilines is 1. The zero-order valence-electron chi connectivity index (χ0n) is 21.5. The van der Waals surface area contributed by atoms with Gasteiger partial charge in [0.05, 0.1) is 17.1 Å². The molecule has 0 amide bonds. The number of hydrogen-bond acceptors (Lipinski definition) is 4. The molecule has 188 valence electrons. The first-order valence-corrected chi connectivity index (χ1v) is 12.8. The Morgan fingerprint density at radius 2 is 1.70 bits per heavy atom. The molecule has 1 atom stereocenters. The number of nitrogen functional groups attached to an aromatic ring is 1. The first-order chi connectivity index (χ1) is 17.7. The molecule has 0 aliphatic carbocycles. The number of nitrogens with zero attached hydrogens (tertiary/aromatic N) is 2. The summed E-state index contributed by atoms with van der Waals surface area (Å²) in [6.45, 7) is 8.25. The number of benzene rings is 3. The summed E-state index contributed by atoms with van der Waals surface area (Å²) >= 11 is 6.30. The van der Waals surface area contributed by atoms with Gasteiger partial charge in [-0.15, -0.1) is 0 Å². The lowest BCUT2D eigenvalue weighted by Crippen LogP contribution is -2.24. The first-order valence-electron chi connectivity index (χ1n) is 12.4. The molecular formula is C31H30ClN3O2. The molecule has 0 radical (unpaired) electrons. The maximum absolute atomic E-state index is 14.0. The van der Waals surface area contributed by atoms with Crippen molar-refractivity contribution < 1.29 is 4.42 Å². The van der Waals surface area contributed by atoms with Crippen molar-refractivity contribution in [2.75, 3.05) is 5.73 Å². The summed E-state index contributed by atoms with van der Waals surface area (Å²) in [5.74, 6) is 1.86. The van der Waals surface area contributed by atoms with Gasteiger partial charge in [-0.05, 0) is 37.5 Å². The number of nitrogens with two attached hydrogens (primary N) is 1. The summed E-state index contributed by atoms with van der Waals surface area (Å²) in [6.07, 6.45) is 0.448. The summed E-state index contributed by atoms with van der Waals surface area (Å²) in [7, 11) is 0. The Morgan fingerprint density at radius 1 is 1.00 bits per heavy atom. The lowest BCUT2D eigenvalue weighted by Gasteiger charge is -2.27. The highest BCUT2D eigenvalue weighted by atomic mass is 35.5. The van der Waals surface area contributed by atoms with E-state index in [-0.39, 0.29) is 17.4 Å². The van der Waals surface area contributed by atoms with Gasteiger partial charge in [0.25, 0.3) is 0 Å². The lowest BCUT2D eigenvalue weighted by atomic mass is 9.92. The highest BCUT2D eigenvalue weighted by Crippen LogP contribution is 2.37. The van der Waals surface area contributed by atoms with Crippen LogP contribution in [0.25, 0.3) is 22.4 Å². The van der Waals surface area contributed by atoms with E-state index in [0.29, 0.717) is 39.6 Å². The van der Waals surface area contributed by atoms with Crippen LogP contribution in [0.4, 0.5) is 5.82 Å². The molecule has 0 saturated carbocycles. The van der Waals surface area contributed by atoms with Crippen LogP contribution in [0.2, 0.25) is 5.02 Å². The molecule has 0 aliphatic heterocycles. The van der Waals surface area contributed by atoms with Crippen molar-refractivity contribution in [1.82, 2.24) is 9.55 Å². The molecule has 0 bridgehead atoms. The fourth-order valence-corrected chi connectivity index (χ4v) is 5.09. The monoisotopic (exact) mass is 511 g/mol. The molecule has 2 N–H and O–H groups in total. The van der Waals surface area contributed by atoms with Gasteiger partial charge in [-0.25, -0.2) is 4.98 Å². The number of rotatable bonds is 6. The molecule has 5 rings (SSSR count). The zero-order chi connectivity index (χ0) is 26.3. The smallest absolute Gasteiger partial charge is 0.196 e. The normalized spacial score (nSPS) is 12.4. The summed E-state index contributed by atoms with van der Waals surface area (Å²) in [5.41, 5.74) is 11.4. The van der Waals surface area contributed by atoms with E-state index < -0.39 is 0 Å². The van der Waals surface area contributed by atoms with Crippen LogP contribution < -0.4 is 11.2 Å². The van der Waals surface area contributed by atoms with E-state index in [9.17, 15) is 4.79 Å². The molecule has 0 spiro atoms. The van der Waals surface area contributed by atoms with E-state index in [2.05, 4.69) is 37.5 Å². The van der Waals surface area contributed by atoms with Crippen molar-refractivity contribution in [3.63, 3.8) is 0 Å². The van der Waals surface area contributed by atoms with Gasteiger partial charge in [-0.2, -0.15) is 0 Å². The van der Waals surface area contributed by atoms with Crippen LogP contribution in [0.1, 0.15) is 48.0 Å². The van der Waals surface area contributed by atoms with Crippen LogP contribution in [0, 0.1) is 19.8 Å². The second-order valence-corrected chi connectivity index (χ2v) is 10.3. The van der Waals surface area contributed by atoms with Gasteiger partial charge >= 0.3 is 0 Å². The Balaban J connectivity index is 1.81. The quantitative estimate of drug-likeness (QED) is 0.258. The van der Waals surface area contributed by atoms with E-state index >= 15 is 0 Å². The summed E-state index contributed by atoms with van der Waals surface area (Å²) in [6, 6.07) is 23.0. The molecule has 0 fully saturated rings. The van der Waals surface area contributed by atoms with Crippen LogP contribution in [0.15, 0.2) is 82.0 Å². The van der Waals surface area contributed by atoms with Crippen molar-refractivity contribution >= 4 is 28.4 Å². The van der Waals surface area contributed by atoms with Crippen LogP contribution in [-0.4, -0.2) is 9.55 Å². The molecule has 0 unspecified atom stereocenters. The Bertz CT molecular complexity index is 1630. The summed E-state index contributed by atoms with van der Waals surface area (Å²) in [4.78, 5) is 18.7. The number of fused-ring (bicyclic) bond motifs is 1. The molecular weight excluding hydrogens is 482 g/mol. The van der Waals surface area contributed by atoms with Crippen molar-refractivity contribution in [3.8, 4) is 11.4 Å². The number of imidazole rings is 1. The third-order valence-electron chi connectivity index (χ3n) is 6.88. The van der Waals surface area contributed by atoms with Gasteiger partial charge in [0.15, 0.2) is 5.43 Å². The predicted octanol–water partition coefficient (Wildman–Crippen LogP) is 7.35. The molecule has 3 aromatic carbocycles. The van der Waals surface area contributed by atoms with Crippen molar-refractivity contribution in [3.05, 3.63) is 116 Å². The third kappa shape index (κ3) is 4.67. The number of halogens is 1. The molecule has 37 heavy (non-hydrogen) atoms. The van der Waals surface area contributed by atoms with E-state index in [1.54, 1.807) is 18.2 Å². The van der Waals surface area contributed by atoms with Crippen LogP contribution in [0.3, 0.4) is 0 Å². The minimum atomic E-state index is -0.323. The molecule has 5 aromatic rings. The maximum Gasteiger partial charge on any atom is 0.196 e. The number of aromatic nitrogens is 2. The standard InChI is InChI=1S/C31H30ClN3O2/c1-18(2)27(35-20(4)30(33)34-31(35)22-12-10-19(3)11-13-22)29-25(16-21-8-6-5-7-9-21)28(36)24-15-14-23(32)17-26(24)37-29/h5-15,17-18,27H,16,33H2,1-4H3/t27-/m1/s1. The van der Waals surface area contributed by atoms with E-state index in [1.807, 2.05) is 49.4 Å². The SMILES string of the molecule is Cc1ccc(-c2nc(N)c(C)n2[C@@H](c2oc3cc(Cl)ccc3c(=O)c2Cc2ccccc2)C(C)C)cc1. The van der Waals surface area contributed by atoms with Gasteiger partial charge in [-0.3, -0.25) is 4.79 Å². The molecule has 5 nitrogen and oxygen atoms in total. The molecule has 0 saturated heterocycles. The predicted molar refractivity (Wildman–Crippen MR) is 151 cm³/mol. The van der Waals surface area contributed by atoms with Gasteiger partial charge in [-0.1, -0.05) is 85.6 Å². The third-order valence-corrected chi connectivity index (χ3v) is 7.11. The van der Waals surface area contributed by atoms with E-state index in [1.165, 1.54) is 0 Å². The largest absolute Gasteiger partial charge is 0.458 e. The van der Waals surface area contributed by atoms with Gasteiger partial charge in [0.1, 0.15) is 23.0 Å². The van der Waals surface area contributed by atoms with Gasteiger partial charge in [0, 0.05) is 28.6 Å². The lowest BCUT2D eigenvalue weighted by molar-refractivity contribution is 0.356. The van der Waals surface area contributed by atoms with E-state index in [4.69, 9.17) is 26.7 Å². The molecule has 2 aromatic heterocycles. The first kappa shape index (κ1) is 24.8. The second kappa shape index (κ2) is 9.91. The minimum absolute atomic E-state index is 0.0509. The Morgan fingerprint density at radius 3 is 2.38 bits per heavy atom. The zero-order valence-corrected chi connectivity index (χ0v) is 22.2. The topological polar surface area (TPSA) is 74.0 Å². The van der Waals surface area contributed by atoms with Crippen LogP contribution in [-0.2, 0) is 6.42 Å². The highest BCUT2D eigenvalue weighted by molar-refractivity contribution is 6.31.